The fraction of sp³-hybridized carbons (Fsp3) is 0.562. The van der Waals surface area contributed by atoms with E-state index < -0.39 is 6.10 Å². The quantitative estimate of drug-likeness (QED) is 0.844. The number of hydrogen-bond acceptors (Lipinski definition) is 2. The average molecular weight is 296 g/mol. The van der Waals surface area contributed by atoms with Gasteiger partial charge in [0.15, 0.2) is 0 Å². The van der Waals surface area contributed by atoms with Crippen molar-refractivity contribution in [1.29, 1.82) is 0 Å². The molecule has 3 nitrogen and oxygen atoms in total. The first kappa shape index (κ1) is 15.3. The zero-order valence-corrected chi connectivity index (χ0v) is 12.6. The van der Waals surface area contributed by atoms with Gasteiger partial charge in [-0.3, -0.25) is 4.79 Å². The number of rotatable bonds is 6. The van der Waals surface area contributed by atoms with E-state index in [1.54, 1.807) is 24.3 Å². The molecule has 0 radical (unpaired) electrons. The summed E-state index contributed by atoms with van der Waals surface area (Å²) in [6, 6.07) is 6.94. The Morgan fingerprint density at radius 2 is 2.05 bits per heavy atom. The number of amides is 1. The molecule has 0 saturated heterocycles. The number of hydrogen-bond donors (Lipinski definition) is 2. The predicted octanol–water partition coefficient (Wildman–Crippen LogP) is 3.46. The van der Waals surface area contributed by atoms with Gasteiger partial charge in [-0.25, -0.2) is 0 Å². The van der Waals surface area contributed by atoms with Gasteiger partial charge in [-0.1, -0.05) is 37.1 Å². The molecule has 1 aromatic rings. The maximum Gasteiger partial charge on any atom is 0.222 e. The van der Waals surface area contributed by atoms with Gasteiger partial charge in [-0.05, 0) is 42.4 Å². The lowest BCUT2D eigenvalue weighted by Crippen LogP contribution is -2.42. The minimum Gasteiger partial charge on any atom is -0.388 e. The Morgan fingerprint density at radius 3 is 2.55 bits per heavy atom. The van der Waals surface area contributed by atoms with Crippen molar-refractivity contribution in [2.24, 2.45) is 5.41 Å². The van der Waals surface area contributed by atoms with Crippen molar-refractivity contribution in [3.63, 3.8) is 0 Å². The van der Waals surface area contributed by atoms with Gasteiger partial charge in [0.05, 0.1) is 12.5 Å². The highest BCUT2D eigenvalue weighted by Crippen LogP contribution is 2.43. The van der Waals surface area contributed by atoms with Crippen molar-refractivity contribution in [1.82, 2.24) is 5.32 Å². The van der Waals surface area contributed by atoms with Gasteiger partial charge in [0.2, 0.25) is 5.91 Å². The van der Waals surface area contributed by atoms with Gasteiger partial charge in [-0.2, -0.15) is 0 Å². The summed E-state index contributed by atoms with van der Waals surface area (Å²) in [7, 11) is 0. The van der Waals surface area contributed by atoms with Crippen LogP contribution < -0.4 is 5.32 Å². The summed E-state index contributed by atoms with van der Waals surface area (Å²) >= 11 is 5.80. The van der Waals surface area contributed by atoms with E-state index in [-0.39, 0.29) is 12.3 Å². The van der Waals surface area contributed by atoms with Gasteiger partial charge < -0.3 is 10.4 Å². The van der Waals surface area contributed by atoms with Gasteiger partial charge in [0, 0.05) is 11.6 Å². The van der Waals surface area contributed by atoms with Crippen molar-refractivity contribution >= 4 is 17.5 Å². The first-order valence-corrected chi connectivity index (χ1v) is 7.63. The Morgan fingerprint density at radius 1 is 1.40 bits per heavy atom. The third-order valence-electron chi connectivity index (χ3n) is 4.46. The van der Waals surface area contributed by atoms with Crippen LogP contribution in [0, 0.1) is 5.41 Å². The normalized spacial score (nSPS) is 18.1. The molecule has 20 heavy (non-hydrogen) atoms. The number of carbonyl (C=O) groups excluding carboxylic acids is 1. The smallest absolute Gasteiger partial charge is 0.222 e. The van der Waals surface area contributed by atoms with E-state index in [0.717, 1.165) is 18.5 Å². The van der Waals surface area contributed by atoms with E-state index in [0.29, 0.717) is 10.4 Å². The summed E-state index contributed by atoms with van der Waals surface area (Å²) in [4.78, 5) is 11.9. The van der Waals surface area contributed by atoms with Crippen LogP contribution in [0.4, 0.5) is 0 Å². The van der Waals surface area contributed by atoms with Crippen LogP contribution in [0.5, 0.6) is 0 Å². The molecule has 4 heteroatoms. The van der Waals surface area contributed by atoms with E-state index in [1.807, 2.05) is 0 Å². The second-order valence-corrected chi connectivity index (χ2v) is 6.19. The van der Waals surface area contributed by atoms with Gasteiger partial charge in [0.1, 0.15) is 0 Å². The molecule has 1 atom stereocenters. The molecule has 1 aliphatic carbocycles. The van der Waals surface area contributed by atoms with Crippen LogP contribution in [-0.4, -0.2) is 17.6 Å². The Bertz CT molecular complexity index is 449. The van der Waals surface area contributed by atoms with Crippen LogP contribution in [0.15, 0.2) is 24.3 Å². The monoisotopic (exact) mass is 295 g/mol. The second kappa shape index (κ2) is 6.59. The van der Waals surface area contributed by atoms with E-state index in [9.17, 15) is 9.90 Å². The largest absolute Gasteiger partial charge is 0.388 e. The van der Waals surface area contributed by atoms with E-state index >= 15 is 0 Å². The van der Waals surface area contributed by atoms with Crippen molar-refractivity contribution in [2.75, 3.05) is 6.54 Å². The molecule has 2 N–H and O–H groups in total. The molecule has 1 aromatic carbocycles. The first-order valence-electron chi connectivity index (χ1n) is 7.25. The zero-order chi connectivity index (χ0) is 14.6. The van der Waals surface area contributed by atoms with Crippen LogP contribution in [0.25, 0.3) is 0 Å². The number of carbonyl (C=O) groups is 1. The number of aliphatic hydroxyl groups is 1. The molecule has 1 saturated carbocycles. The minimum absolute atomic E-state index is 0.0906. The van der Waals surface area contributed by atoms with Crippen LogP contribution >= 0.6 is 11.6 Å². The molecule has 0 heterocycles. The molecule has 0 aromatic heterocycles. The fourth-order valence-electron chi connectivity index (χ4n) is 2.67. The molecule has 1 unspecified atom stereocenters. The van der Waals surface area contributed by atoms with Crippen LogP contribution in [0.3, 0.4) is 0 Å². The molecule has 0 spiro atoms. The highest BCUT2D eigenvalue weighted by atomic mass is 35.5. The van der Waals surface area contributed by atoms with Crippen molar-refractivity contribution in [3.8, 4) is 0 Å². The molecule has 1 amide bonds. The second-order valence-electron chi connectivity index (χ2n) is 5.76. The number of halogens is 1. The van der Waals surface area contributed by atoms with Crippen molar-refractivity contribution < 1.29 is 9.90 Å². The number of nitrogens with one attached hydrogen (secondary N) is 1. The van der Waals surface area contributed by atoms with Crippen molar-refractivity contribution in [2.45, 2.75) is 45.1 Å². The SMILES string of the molecule is CCC1(CNC(=O)CC(O)c2ccc(Cl)cc2)CCC1. The van der Waals surface area contributed by atoms with Crippen LogP contribution in [0.1, 0.15) is 50.7 Å². The van der Waals surface area contributed by atoms with Gasteiger partial charge in [-0.15, -0.1) is 0 Å². The predicted molar refractivity (Wildman–Crippen MR) is 80.6 cm³/mol. The Balaban J connectivity index is 1.80. The highest BCUT2D eigenvalue weighted by Gasteiger charge is 2.35. The Hall–Kier alpha value is -1.06. The van der Waals surface area contributed by atoms with Crippen LogP contribution in [-0.2, 0) is 4.79 Å². The van der Waals surface area contributed by atoms with E-state index in [4.69, 9.17) is 11.6 Å². The topological polar surface area (TPSA) is 49.3 Å². The lowest BCUT2D eigenvalue weighted by molar-refractivity contribution is -0.124. The number of benzene rings is 1. The van der Waals surface area contributed by atoms with Gasteiger partial charge in [0.25, 0.3) is 0 Å². The summed E-state index contributed by atoms with van der Waals surface area (Å²) < 4.78 is 0. The zero-order valence-electron chi connectivity index (χ0n) is 11.9. The summed E-state index contributed by atoms with van der Waals surface area (Å²) in [6.07, 6.45) is 4.09. The lowest BCUT2D eigenvalue weighted by atomic mass is 9.67. The fourth-order valence-corrected chi connectivity index (χ4v) is 2.79. The lowest BCUT2D eigenvalue weighted by Gasteiger charge is -2.41. The first-order chi connectivity index (χ1) is 9.54. The van der Waals surface area contributed by atoms with E-state index in [2.05, 4.69) is 12.2 Å². The molecule has 1 fully saturated rings. The molecule has 1 aliphatic rings. The van der Waals surface area contributed by atoms with Gasteiger partial charge >= 0.3 is 0 Å². The Kier molecular flexibility index (Phi) is 5.06. The molecular weight excluding hydrogens is 274 g/mol. The van der Waals surface area contributed by atoms with Crippen molar-refractivity contribution in [3.05, 3.63) is 34.9 Å². The van der Waals surface area contributed by atoms with Crippen LogP contribution in [0.2, 0.25) is 5.02 Å². The summed E-state index contributed by atoms with van der Waals surface area (Å²) in [5.74, 6) is -0.0906. The summed E-state index contributed by atoms with van der Waals surface area (Å²) in [5, 5.41) is 13.6. The third kappa shape index (κ3) is 3.74. The summed E-state index contributed by atoms with van der Waals surface area (Å²) in [6.45, 7) is 2.91. The Labute approximate surface area is 125 Å². The molecule has 110 valence electrons. The maximum atomic E-state index is 11.9. The molecule has 0 aliphatic heterocycles. The maximum absolute atomic E-state index is 11.9. The molecule has 0 bridgehead atoms. The summed E-state index contributed by atoms with van der Waals surface area (Å²) in [5.41, 5.74) is 1.03. The molecular formula is C16H22ClNO2. The highest BCUT2D eigenvalue weighted by molar-refractivity contribution is 6.30. The standard InChI is InChI=1S/C16H22ClNO2/c1-2-16(8-3-9-16)11-18-15(20)10-14(19)12-4-6-13(17)7-5-12/h4-7,14,19H,2-3,8-11H2,1H3,(H,18,20). The average Bonchev–Trinajstić information content (AvgIpc) is 2.38. The molecule has 2 rings (SSSR count). The minimum atomic E-state index is -0.772. The third-order valence-corrected chi connectivity index (χ3v) is 4.71. The number of aliphatic hydroxyl groups excluding tert-OH is 1. The van der Waals surface area contributed by atoms with E-state index in [1.165, 1.54) is 19.3 Å².